The Kier molecular flexibility index (Phi) is 5.71. The van der Waals surface area contributed by atoms with Crippen LogP contribution in [0, 0.1) is 11.5 Å². The lowest BCUT2D eigenvalue weighted by molar-refractivity contribution is 0.123. The molecule has 0 bridgehead atoms. The molecule has 0 spiro atoms. The van der Waals surface area contributed by atoms with Crippen LogP contribution in [-0.4, -0.2) is 37.7 Å². The van der Waals surface area contributed by atoms with Crippen molar-refractivity contribution >= 4 is 44.2 Å². The first-order chi connectivity index (χ1) is 9.74. The lowest BCUT2D eigenvalue weighted by Gasteiger charge is -2.29. The second-order valence-corrected chi connectivity index (χ2v) is 5.80. The number of ether oxygens (including phenoxy) is 1. The highest BCUT2D eigenvalue weighted by atomic mass is 79.9. The number of morpholine rings is 1. The number of hydrogen-bond donors (Lipinski definition) is 1. The van der Waals surface area contributed by atoms with E-state index >= 15 is 0 Å². The molecule has 0 aromatic heterocycles. The van der Waals surface area contributed by atoms with Gasteiger partial charge >= 0.3 is 0 Å². The Balaban J connectivity index is 2.34. The lowest BCUT2D eigenvalue weighted by Crippen LogP contribution is -2.36. The number of rotatable bonds is 2. The average Bonchev–Trinajstić information content (AvgIpc) is 2.48. The van der Waals surface area contributed by atoms with Crippen LogP contribution in [0.4, 0.5) is 11.4 Å². The standard InChI is InChI=1S/C13H15BrN4OS/c1-20-13(16-9-15)17-11-8-10(14)2-3-12(11)18-4-6-19-7-5-18/h2-3,8H,4-7H2,1H3,(H,16,17). The topological polar surface area (TPSA) is 60.6 Å². The minimum absolute atomic E-state index is 0.583. The molecule has 0 radical (unpaired) electrons. The minimum Gasteiger partial charge on any atom is -0.378 e. The summed E-state index contributed by atoms with van der Waals surface area (Å²) in [5.41, 5.74) is 1.90. The fourth-order valence-electron chi connectivity index (χ4n) is 1.94. The molecule has 1 aromatic carbocycles. The Morgan fingerprint density at radius 1 is 1.50 bits per heavy atom. The van der Waals surface area contributed by atoms with Gasteiger partial charge in [0.05, 0.1) is 24.6 Å². The number of aliphatic imine (C=N–C) groups is 1. The number of nitrogens with one attached hydrogen (secondary N) is 1. The zero-order valence-corrected chi connectivity index (χ0v) is 13.5. The van der Waals surface area contributed by atoms with Gasteiger partial charge in [-0.1, -0.05) is 27.7 Å². The van der Waals surface area contributed by atoms with E-state index in [0.29, 0.717) is 5.17 Å². The molecule has 7 heteroatoms. The molecule has 0 amide bonds. The Labute approximate surface area is 131 Å². The quantitative estimate of drug-likeness (QED) is 0.383. The predicted molar refractivity (Wildman–Crippen MR) is 86.5 cm³/mol. The summed E-state index contributed by atoms with van der Waals surface area (Å²) >= 11 is 4.87. The molecule has 1 N–H and O–H groups in total. The molecule has 0 unspecified atom stereocenters. The highest BCUT2D eigenvalue weighted by Gasteiger charge is 2.15. The van der Waals surface area contributed by atoms with Crippen LogP contribution >= 0.6 is 27.7 Å². The van der Waals surface area contributed by atoms with Gasteiger partial charge in [-0.3, -0.25) is 5.32 Å². The van der Waals surface area contributed by atoms with Crippen LogP contribution in [0.15, 0.2) is 27.7 Å². The molecule has 106 valence electrons. The van der Waals surface area contributed by atoms with Crippen molar-refractivity contribution in [2.45, 2.75) is 0 Å². The second kappa shape index (κ2) is 7.53. The zero-order chi connectivity index (χ0) is 14.4. The third-order valence-electron chi connectivity index (χ3n) is 2.87. The SMILES string of the molecule is CSC(=Nc1cc(Br)ccc1N1CCOCC1)NC#N. The van der Waals surface area contributed by atoms with Crippen LogP contribution < -0.4 is 10.2 Å². The van der Waals surface area contributed by atoms with Crippen LogP contribution in [0.5, 0.6) is 0 Å². The normalized spacial score (nSPS) is 15.8. The Bertz CT molecular complexity index is 538. The Morgan fingerprint density at radius 3 is 2.90 bits per heavy atom. The van der Waals surface area contributed by atoms with E-state index < -0.39 is 0 Å². The molecule has 1 aromatic rings. The molecule has 0 atom stereocenters. The predicted octanol–water partition coefficient (Wildman–Crippen LogP) is 2.71. The van der Waals surface area contributed by atoms with Gasteiger partial charge in [-0.25, -0.2) is 4.99 Å². The van der Waals surface area contributed by atoms with Crippen molar-refractivity contribution in [2.75, 3.05) is 37.5 Å². The van der Waals surface area contributed by atoms with Crippen LogP contribution in [0.3, 0.4) is 0 Å². The van der Waals surface area contributed by atoms with Gasteiger partial charge in [0, 0.05) is 17.6 Å². The molecule has 1 fully saturated rings. The summed E-state index contributed by atoms with van der Waals surface area (Å²) in [6, 6.07) is 6.00. The monoisotopic (exact) mass is 354 g/mol. The number of amidine groups is 1. The van der Waals surface area contributed by atoms with E-state index in [2.05, 4.69) is 31.1 Å². The highest BCUT2D eigenvalue weighted by molar-refractivity contribution is 9.10. The second-order valence-electron chi connectivity index (χ2n) is 4.09. The van der Waals surface area contributed by atoms with Crippen molar-refractivity contribution in [3.63, 3.8) is 0 Å². The van der Waals surface area contributed by atoms with Crippen molar-refractivity contribution in [1.29, 1.82) is 5.26 Å². The van der Waals surface area contributed by atoms with Gasteiger partial charge in [0.25, 0.3) is 0 Å². The fraction of sp³-hybridized carbons (Fsp3) is 0.385. The van der Waals surface area contributed by atoms with Gasteiger partial charge in [-0.2, -0.15) is 5.26 Å². The van der Waals surface area contributed by atoms with Crippen LogP contribution in [0.1, 0.15) is 0 Å². The smallest absolute Gasteiger partial charge is 0.183 e. The first-order valence-electron chi connectivity index (χ1n) is 6.14. The number of hydrogen-bond acceptors (Lipinski definition) is 5. The van der Waals surface area contributed by atoms with Gasteiger partial charge in [-0.15, -0.1) is 0 Å². The molecule has 0 saturated carbocycles. The summed E-state index contributed by atoms with van der Waals surface area (Å²) in [6.07, 6.45) is 3.79. The molecule has 2 rings (SSSR count). The summed E-state index contributed by atoms with van der Waals surface area (Å²) in [7, 11) is 0. The van der Waals surface area contributed by atoms with Gasteiger partial charge in [-0.05, 0) is 24.5 Å². The molecule has 5 nitrogen and oxygen atoms in total. The van der Waals surface area contributed by atoms with Crippen molar-refractivity contribution in [3.05, 3.63) is 22.7 Å². The summed E-state index contributed by atoms with van der Waals surface area (Å²) in [5.74, 6) is 0. The summed E-state index contributed by atoms with van der Waals surface area (Å²) in [5, 5.41) is 11.9. The molecule has 1 aliphatic heterocycles. The highest BCUT2D eigenvalue weighted by Crippen LogP contribution is 2.32. The maximum atomic E-state index is 8.73. The van der Waals surface area contributed by atoms with E-state index in [0.717, 1.165) is 42.2 Å². The fourth-order valence-corrected chi connectivity index (χ4v) is 2.63. The molecule has 1 aliphatic rings. The third-order valence-corrected chi connectivity index (χ3v) is 3.94. The van der Waals surface area contributed by atoms with Crippen LogP contribution in [-0.2, 0) is 4.74 Å². The molecule has 1 heterocycles. The van der Waals surface area contributed by atoms with Gasteiger partial charge < -0.3 is 9.64 Å². The molecule has 0 aliphatic carbocycles. The number of nitrogens with zero attached hydrogens (tertiary/aromatic N) is 3. The van der Waals surface area contributed by atoms with Gasteiger partial charge in [0.2, 0.25) is 0 Å². The van der Waals surface area contributed by atoms with Crippen molar-refractivity contribution in [1.82, 2.24) is 5.32 Å². The largest absolute Gasteiger partial charge is 0.378 e. The summed E-state index contributed by atoms with van der Waals surface area (Å²) < 4.78 is 6.34. The minimum atomic E-state index is 0.583. The van der Waals surface area contributed by atoms with Crippen molar-refractivity contribution in [3.8, 4) is 6.19 Å². The maximum Gasteiger partial charge on any atom is 0.183 e. The van der Waals surface area contributed by atoms with E-state index in [-0.39, 0.29) is 0 Å². The van der Waals surface area contributed by atoms with E-state index in [9.17, 15) is 0 Å². The molecule has 1 saturated heterocycles. The third kappa shape index (κ3) is 3.88. The average molecular weight is 355 g/mol. The Hall–Kier alpha value is -1.23. The number of halogens is 1. The van der Waals surface area contributed by atoms with E-state index in [4.69, 9.17) is 10.00 Å². The maximum absolute atomic E-state index is 8.73. The summed E-state index contributed by atoms with van der Waals surface area (Å²) in [4.78, 5) is 6.79. The first-order valence-corrected chi connectivity index (χ1v) is 8.16. The van der Waals surface area contributed by atoms with Gasteiger partial charge in [0.15, 0.2) is 11.4 Å². The number of benzene rings is 1. The molecule has 20 heavy (non-hydrogen) atoms. The van der Waals surface area contributed by atoms with Crippen LogP contribution in [0.2, 0.25) is 0 Å². The molecular formula is C13H15BrN4OS. The lowest BCUT2D eigenvalue weighted by atomic mass is 10.2. The molecular weight excluding hydrogens is 340 g/mol. The van der Waals surface area contributed by atoms with Crippen LogP contribution in [0.25, 0.3) is 0 Å². The number of thioether (sulfide) groups is 1. The summed E-state index contributed by atoms with van der Waals surface area (Å²) in [6.45, 7) is 3.16. The van der Waals surface area contributed by atoms with E-state index in [1.54, 1.807) is 0 Å². The van der Waals surface area contributed by atoms with Crippen molar-refractivity contribution in [2.24, 2.45) is 4.99 Å². The van der Waals surface area contributed by atoms with Crippen molar-refractivity contribution < 1.29 is 4.74 Å². The van der Waals surface area contributed by atoms with E-state index in [1.807, 2.05) is 30.6 Å². The zero-order valence-electron chi connectivity index (χ0n) is 11.1. The Morgan fingerprint density at radius 2 is 2.25 bits per heavy atom. The first kappa shape index (κ1) is 15.2. The van der Waals surface area contributed by atoms with E-state index in [1.165, 1.54) is 11.8 Å². The van der Waals surface area contributed by atoms with Gasteiger partial charge in [0.1, 0.15) is 0 Å². The number of anilines is 1. The number of nitriles is 1.